The van der Waals surface area contributed by atoms with Gasteiger partial charge in [-0.3, -0.25) is 4.79 Å². The molecule has 0 aliphatic heterocycles. The summed E-state index contributed by atoms with van der Waals surface area (Å²) >= 11 is 0. The van der Waals surface area contributed by atoms with Gasteiger partial charge >= 0.3 is 5.97 Å². The summed E-state index contributed by atoms with van der Waals surface area (Å²) in [5, 5.41) is 2.78. The van der Waals surface area contributed by atoms with Crippen LogP contribution < -0.4 is 19.5 Å². The van der Waals surface area contributed by atoms with Gasteiger partial charge in [-0.05, 0) is 29.8 Å². The van der Waals surface area contributed by atoms with Crippen LogP contribution in [0.2, 0.25) is 0 Å². The number of ether oxygens (including phenoxy) is 4. The van der Waals surface area contributed by atoms with E-state index in [4.69, 9.17) is 14.2 Å². The van der Waals surface area contributed by atoms with E-state index in [2.05, 4.69) is 10.1 Å². The Hall–Kier alpha value is -3.48. The third-order valence-electron chi connectivity index (χ3n) is 3.83. The predicted molar refractivity (Wildman–Crippen MR) is 104 cm³/mol. The van der Waals surface area contributed by atoms with Gasteiger partial charge in [0.05, 0.1) is 21.3 Å². The lowest BCUT2D eigenvalue weighted by Crippen LogP contribution is -2.28. The molecule has 0 fully saturated rings. The van der Waals surface area contributed by atoms with E-state index in [1.54, 1.807) is 31.4 Å². The van der Waals surface area contributed by atoms with Crippen LogP contribution in [0.15, 0.2) is 48.5 Å². The van der Waals surface area contributed by atoms with Gasteiger partial charge in [-0.15, -0.1) is 0 Å². The zero-order valence-corrected chi connectivity index (χ0v) is 16.1. The molecular weight excluding hydrogens is 362 g/mol. The van der Waals surface area contributed by atoms with Crippen LogP contribution in [-0.4, -0.2) is 39.8 Å². The van der Waals surface area contributed by atoms with Crippen molar-refractivity contribution in [1.82, 2.24) is 5.32 Å². The third kappa shape index (κ3) is 6.05. The number of nitrogens with one attached hydrogen (secondary N) is 1. The van der Waals surface area contributed by atoms with Crippen LogP contribution >= 0.6 is 0 Å². The number of rotatable bonds is 9. The molecule has 2 aromatic rings. The number of benzene rings is 2. The minimum atomic E-state index is -0.453. The summed E-state index contributed by atoms with van der Waals surface area (Å²) in [5.41, 5.74) is 1.60. The quantitative estimate of drug-likeness (QED) is 0.528. The fraction of sp³-hybridized carbons (Fsp3) is 0.238. The van der Waals surface area contributed by atoms with Gasteiger partial charge in [0.15, 0.2) is 18.1 Å². The molecule has 0 heterocycles. The maximum Gasteiger partial charge on any atom is 0.330 e. The van der Waals surface area contributed by atoms with Crippen molar-refractivity contribution in [2.75, 3.05) is 27.9 Å². The first kappa shape index (κ1) is 20.8. The summed E-state index contributed by atoms with van der Waals surface area (Å²) in [5.74, 6) is 0.851. The monoisotopic (exact) mass is 385 g/mol. The van der Waals surface area contributed by atoms with E-state index in [0.717, 1.165) is 11.1 Å². The van der Waals surface area contributed by atoms with E-state index < -0.39 is 5.97 Å². The summed E-state index contributed by atoms with van der Waals surface area (Å²) < 4.78 is 20.6. The van der Waals surface area contributed by atoms with Crippen LogP contribution in [0, 0.1) is 0 Å². The highest BCUT2D eigenvalue weighted by atomic mass is 16.5. The molecule has 0 spiro atoms. The van der Waals surface area contributed by atoms with E-state index >= 15 is 0 Å². The topological polar surface area (TPSA) is 83.1 Å². The Balaban J connectivity index is 1.93. The van der Waals surface area contributed by atoms with Gasteiger partial charge in [-0.2, -0.15) is 0 Å². The molecule has 7 heteroatoms. The Morgan fingerprint density at radius 2 is 1.71 bits per heavy atom. The van der Waals surface area contributed by atoms with Crippen molar-refractivity contribution < 1.29 is 28.5 Å². The number of carbonyl (C=O) groups excluding carboxylic acids is 2. The molecule has 0 saturated carbocycles. The van der Waals surface area contributed by atoms with Crippen molar-refractivity contribution in [3.63, 3.8) is 0 Å². The second-order valence-electron chi connectivity index (χ2n) is 5.64. The molecule has 0 bridgehead atoms. The lowest BCUT2D eigenvalue weighted by molar-refractivity contribution is -0.134. The first-order valence-electron chi connectivity index (χ1n) is 8.52. The number of para-hydroxylation sites is 1. The van der Waals surface area contributed by atoms with Crippen LogP contribution in [0.1, 0.15) is 11.1 Å². The predicted octanol–water partition coefficient (Wildman–Crippen LogP) is 2.59. The molecule has 1 N–H and O–H groups in total. The number of hydrogen-bond donors (Lipinski definition) is 1. The molecule has 0 saturated heterocycles. The van der Waals surface area contributed by atoms with Gasteiger partial charge in [0, 0.05) is 18.2 Å². The number of amides is 1. The zero-order valence-electron chi connectivity index (χ0n) is 16.1. The van der Waals surface area contributed by atoms with Gasteiger partial charge < -0.3 is 24.3 Å². The molecule has 0 aliphatic carbocycles. The summed E-state index contributed by atoms with van der Waals surface area (Å²) in [7, 11) is 4.39. The van der Waals surface area contributed by atoms with Gasteiger partial charge in [0.2, 0.25) is 0 Å². The number of carbonyl (C=O) groups is 2. The van der Waals surface area contributed by atoms with E-state index in [1.165, 1.54) is 20.3 Å². The second kappa shape index (κ2) is 10.6. The average Bonchev–Trinajstić information content (AvgIpc) is 2.74. The highest BCUT2D eigenvalue weighted by molar-refractivity contribution is 5.87. The minimum Gasteiger partial charge on any atom is -0.496 e. The Morgan fingerprint density at radius 3 is 2.43 bits per heavy atom. The SMILES string of the molecule is COC(=O)/C=C/c1ccc(OCC(=O)NCc2ccccc2OC)c(OC)c1. The molecular formula is C21H23NO6. The molecule has 0 radical (unpaired) electrons. The van der Waals surface area contributed by atoms with Crippen molar-refractivity contribution in [2.24, 2.45) is 0 Å². The van der Waals surface area contributed by atoms with Crippen molar-refractivity contribution in [3.05, 3.63) is 59.7 Å². The molecule has 1 amide bonds. The van der Waals surface area contributed by atoms with Gasteiger partial charge in [-0.25, -0.2) is 4.79 Å². The van der Waals surface area contributed by atoms with Gasteiger partial charge in [0.1, 0.15) is 5.75 Å². The van der Waals surface area contributed by atoms with E-state index in [9.17, 15) is 9.59 Å². The summed E-state index contributed by atoms with van der Waals surface area (Å²) in [6, 6.07) is 12.6. The van der Waals surface area contributed by atoms with Gasteiger partial charge in [-0.1, -0.05) is 24.3 Å². The van der Waals surface area contributed by atoms with Crippen LogP contribution in [0.25, 0.3) is 6.08 Å². The first-order valence-corrected chi connectivity index (χ1v) is 8.52. The summed E-state index contributed by atoms with van der Waals surface area (Å²) in [6.07, 6.45) is 2.90. The van der Waals surface area contributed by atoms with E-state index in [-0.39, 0.29) is 12.5 Å². The molecule has 28 heavy (non-hydrogen) atoms. The molecule has 2 aromatic carbocycles. The van der Waals surface area contributed by atoms with Crippen molar-refractivity contribution >= 4 is 18.0 Å². The second-order valence-corrected chi connectivity index (χ2v) is 5.64. The average molecular weight is 385 g/mol. The molecule has 0 aliphatic rings. The Bertz CT molecular complexity index is 847. The largest absolute Gasteiger partial charge is 0.496 e. The number of hydrogen-bond acceptors (Lipinski definition) is 6. The highest BCUT2D eigenvalue weighted by Gasteiger charge is 2.09. The van der Waals surface area contributed by atoms with Crippen molar-refractivity contribution in [3.8, 4) is 17.2 Å². The highest BCUT2D eigenvalue weighted by Crippen LogP contribution is 2.28. The zero-order chi connectivity index (χ0) is 20.4. The number of esters is 1. The maximum atomic E-state index is 12.1. The van der Waals surface area contributed by atoms with Crippen molar-refractivity contribution in [2.45, 2.75) is 6.54 Å². The summed E-state index contributed by atoms with van der Waals surface area (Å²) in [6.45, 7) is 0.170. The third-order valence-corrected chi connectivity index (χ3v) is 3.83. The first-order chi connectivity index (χ1) is 13.6. The maximum absolute atomic E-state index is 12.1. The van der Waals surface area contributed by atoms with E-state index in [1.807, 2.05) is 24.3 Å². The molecule has 0 unspecified atom stereocenters. The lowest BCUT2D eigenvalue weighted by atomic mass is 10.2. The summed E-state index contributed by atoms with van der Waals surface area (Å²) in [4.78, 5) is 23.3. The number of methoxy groups -OCH3 is 3. The van der Waals surface area contributed by atoms with Crippen LogP contribution in [0.4, 0.5) is 0 Å². The molecule has 0 aromatic heterocycles. The smallest absolute Gasteiger partial charge is 0.330 e. The molecule has 148 valence electrons. The van der Waals surface area contributed by atoms with Crippen LogP contribution in [-0.2, 0) is 20.9 Å². The standard InChI is InChI=1S/C21H23NO6/c1-25-17-7-5-4-6-16(17)13-22-20(23)14-28-18-10-8-15(12-19(18)26-2)9-11-21(24)27-3/h4-12H,13-14H2,1-3H3,(H,22,23)/b11-9+. The van der Waals surface area contributed by atoms with Crippen molar-refractivity contribution in [1.29, 1.82) is 0 Å². The Kier molecular flexibility index (Phi) is 7.90. The normalized spacial score (nSPS) is 10.4. The fourth-order valence-electron chi connectivity index (χ4n) is 2.38. The van der Waals surface area contributed by atoms with Gasteiger partial charge in [0.25, 0.3) is 5.91 Å². The lowest BCUT2D eigenvalue weighted by Gasteiger charge is -2.12. The Labute approximate surface area is 163 Å². The fourth-order valence-corrected chi connectivity index (χ4v) is 2.38. The Morgan fingerprint density at radius 1 is 0.964 bits per heavy atom. The van der Waals surface area contributed by atoms with Crippen LogP contribution in [0.3, 0.4) is 0 Å². The minimum absolute atomic E-state index is 0.164. The molecule has 2 rings (SSSR count). The molecule has 7 nitrogen and oxygen atoms in total. The van der Waals surface area contributed by atoms with Crippen LogP contribution in [0.5, 0.6) is 17.2 Å². The molecule has 0 atom stereocenters. The van der Waals surface area contributed by atoms with E-state index in [0.29, 0.717) is 23.8 Å².